The number of benzene rings is 1. The van der Waals surface area contributed by atoms with Gasteiger partial charge in [-0.25, -0.2) is 14.4 Å². The molecule has 1 rings (SSSR count). The molecule has 0 amide bonds. The van der Waals surface area contributed by atoms with Crippen molar-refractivity contribution in [2.45, 2.75) is 176 Å². The Kier molecular flexibility index (Phi) is 20.8. The molecule has 6 heteroatoms. The van der Waals surface area contributed by atoms with Gasteiger partial charge in [0.2, 0.25) is 0 Å². The third kappa shape index (κ3) is 16.1. The molecular weight excluding hydrogens is 564 g/mol. The predicted molar refractivity (Wildman–Crippen MR) is 186 cm³/mol. The van der Waals surface area contributed by atoms with E-state index in [0.29, 0.717) is 48.1 Å². The molecule has 6 nitrogen and oxygen atoms in total. The molecule has 0 aliphatic heterocycles. The molecule has 0 aromatic heterocycles. The van der Waals surface area contributed by atoms with E-state index >= 15 is 0 Å². The van der Waals surface area contributed by atoms with Crippen LogP contribution < -0.4 is 0 Å². The molecule has 0 aliphatic carbocycles. The van der Waals surface area contributed by atoms with Crippen molar-refractivity contribution in [2.24, 2.45) is 17.8 Å². The highest BCUT2D eigenvalue weighted by molar-refractivity contribution is 6.07. The first kappa shape index (κ1) is 40.7. The highest BCUT2D eigenvalue weighted by atomic mass is 16.4. The van der Waals surface area contributed by atoms with Crippen molar-refractivity contribution >= 4 is 17.9 Å². The minimum absolute atomic E-state index is 0.0592. The number of carbonyl (C=O) groups is 3. The molecule has 0 heterocycles. The summed E-state index contributed by atoms with van der Waals surface area (Å²) in [5.74, 6) is -1.72. The molecule has 0 saturated carbocycles. The van der Waals surface area contributed by atoms with Gasteiger partial charge in [0, 0.05) is 0 Å². The average Bonchev–Trinajstić information content (AvgIpc) is 2.94. The van der Waals surface area contributed by atoms with Gasteiger partial charge < -0.3 is 15.3 Å². The van der Waals surface area contributed by atoms with Crippen molar-refractivity contribution in [1.82, 2.24) is 0 Å². The van der Waals surface area contributed by atoms with Crippen molar-refractivity contribution < 1.29 is 29.7 Å². The molecule has 0 unspecified atom stereocenters. The Hall–Kier alpha value is -2.37. The topological polar surface area (TPSA) is 112 Å². The van der Waals surface area contributed by atoms with E-state index in [1.54, 1.807) is 0 Å². The monoisotopic (exact) mass is 630 g/mol. The van der Waals surface area contributed by atoms with Crippen LogP contribution in [0.25, 0.3) is 0 Å². The summed E-state index contributed by atoms with van der Waals surface area (Å²) in [6.07, 6.45) is 19.5. The van der Waals surface area contributed by atoms with E-state index in [4.69, 9.17) is 0 Å². The normalized spacial score (nSPS) is 11.7. The maximum Gasteiger partial charge on any atom is 0.336 e. The Morgan fingerprint density at radius 1 is 0.378 bits per heavy atom. The Balaban J connectivity index is 3.34. The summed E-state index contributed by atoms with van der Waals surface area (Å²) in [7, 11) is 0. The first-order chi connectivity index (χ1) is 21.4. The van der Waals surface area contributed by atoms with E-state index in [2.05, 4.69) is 41.5 Å². The molecule has 0 aliphatic rings. The van der Waals surface area contributed by atoms with Crippen LogP contribution in [0.3, 0.4) is 0 Å². The molecule has 0 saturated heterocycles. The van der Waals surface area contributed by atoms with E-state index < -0.39 is 17.9 Å². The first-order valence-electron chi connectivity index (χ1n) is 18.3. The number of hydrogen-bond donors (Lipinski definition) is 3. The van der Waals surface area contributed by atoms with Crippen molar-refractivity contribution in [2.75, 3.05) is 0 Å². The van der Waals surface area contributed by atoms with Crippen molar-refractivity contribution in [3.63, 3.8) is 0 Å². The number of carboxylic acid groups (broad SMARTS) is 3. The molecule has 0 fully saturated rings. The highest BCUT2D eigenvalue weighted by Crippen LogP contribution is 2.34. The van der Waals surface area contributed by atoms with Gasteiger partial charge in [-0.1, -0.05) is 138 Å². The lowest BCUT2D eigenvalue weighted by Gasteiger charge is -2.22. The zero-order chi connectivity index (χ0) is 33.8. The third-order valence-corrected chi connectivity index (χ3v) is 9.09. The van der Waals surface area contributed by atoms with Gasteiger partial charge in [-0.05, 0) is 73.0 Å². The van der Waals surface area contributed by atoms with Crippen LogP contribution in [-0.4, -0.2) is 33.2 Å². The Bertz CT molecular complexity index is 1020. The van der Waals surface area contributed by atoms with E-state index in [-0.39, 0.29) is 28.7 Å². The standard InChI is InChI=1S/C39H66O6/c1-28(2)22-16-10-7-13-19-25-31-32(26-20-14-8-11-17-23-29(3)4)35(38(42)43)36(39(44)45)33(34(31)37(40)41)27-21-15-9-12-18-24-30(5)6/h28-30H,7-27H2,1-6H3,(H,40,41)(H,42,43)(H,44,45). The first-order valence-corrected chi connectivity index (χ1v) is 18.3. The number of hydrogen-bond acceptors (Lipinski definition) is 3. The minimum atomic E-state index is -1.34. The van der Waals surface area contributed by atoms with Crippen LogP contribution in [0.1, 0.15) is 205 Å². The number of carboxylic acids is 3. The highest BCUT2D eigenvalue weighted by Gasteiger charge is 2.32. The second-order valence-corrected chi connectivity index (χ2v) is 14.6. The summed E-state index contributed by atoms with van der Waals surface area (Å²) in [6.45, 7) is 13.3. The van der Waals surface area contributed by atoms with E-state index in [9.17, 15) is 29.7 Å². The molecule has 258 valence electrons. The maximum atomic E-state index is 12.9. The van der Waals surface area contributed by atoms with Gasteiger partial charge in [-0.2, -0.15) is 0 Å². The van der Waals surface area contributed by atoms with Gasteiger partial charge in [0.05, 0.1) is 16.7 Å². The molecule has 0 spiro atoms. The summed E-state index contributed by atoms with van der Waals surface area (Å²) >= 11 is 0. The fourth-order valence-corrected chi connectivity index (χ4v) is 6.60. The maximum absolute atomic E-state index is 12.9. The lowest BCUT2D eigenvalue weighted by atomic mass is 9.80. The smallest absolute Gasteiger partial charge is 0.336 e. The van der Waals surface area contributed by atoms with Crippen LogP contribution in [0.15, 0.2) is 0 Å². The van der Waals surface area contributed by atoms with Crippen molar-refractivity contribution in [3.8, 4) is 0 Å². The van der Waals surface area contributed by atoms with Crippen LogP contribution in [0, 0.1) is 17.8 Å². The van der Waals surface area contributed by atoms with E-state index in [0.717, 1.165) is 77.0 Å². The fourth-order valence-electron chi connectivity index (χ4n) is 6.60. The molecule has 0 radical (unpaired) electrons. The number of aromatic carboxylic acids is 3. The fraction of sp³-hybridized carbons (Fsp3) is 0.769. The van der Waals surface area contributed by atoms with Gasteiger partial charge in [0.25, 0.3) is 0 Å². The predicted octanol–water partition coefficient (Wildman–Crippen LogP) is 11.4. The third-order valence-electron chi connectivity index (χ3n) is 9.09. The molecule has 3 N–H and O–H groups in total. The summed E-state index contributed by atoms with van der Waals surface area (Å²) in [5.41, 5.74) is 0.800. The van der Waals surface area contributed by atoms with Gasteiger partial charge in [0.15, 0.2) is 0 Å². The summed E-state index contributed by atoms with van der Waals surface area (Å²) < 4.78 is 0. The molecule has 45 heavy (non-hydrogen) atoms. The van der Waals surface area contributed by atoms with Crippen LogP contribution >= 0.6 is 0 Å². The van der Waals surface area contributed by atoms with Crippen molar-refractivity contribution in [1.29, 1.82) is 0 Å². The molecular formula is C39H66O6. The molecule has 1 aromatic carbocycles. The van der Waals surface area contributed by atoms with E-state index in [1.165, 1.54) is 32.1 Å². The lowest BCUT2D eigenvalue weighted by molar-refractivity contribution is 0.0646. The second-order valence-electron chi connectivity index (χ2n) is 14.6. The SMILES string of the molecule is CC(C)CCCCCCCc1c(CCCCCCCC(C)C)c(C(=O)O)c(C(=O)O)c(CCCCCCCC(C)C)c1C(=O)O. The zero-order valence-electron chi connectivity index (χ0n) is 29.6. The Labute approximate surface area is 274 Å². The van der Waals surface area contributed by atoms with E-state index in [1.807, 2.05) is 0 Å². The average molecular weight is 631 g/mol. The Morgan fingerprint density at radius 2 is 0.622 bits per heavy atom. The van der Waals surface area contributed by atoms with Crippen LogP contribution in [0.2, 0.25) is 0 Å². The number of rotatable bonds is 27. The molecule has 1 aromatic rings. The summed E-state index contributed by atoms with van der Waals surface area (Å²) in [6, 6.07) is 0. The zero-order valence-corrected chi connectivity index (χ0v) is 29.6. The quantitative estimate of drug-likeness (QED) is 0.0834. The van der Waals surface area contributed by atoms with Crippen molar-refractivity contribution in [3.05, 3.63) is 33.4 Å². The van der Waals surface area contributed by atoms with Gasteiger partial charge in [-0.3, -0.25) is 0 Å². The van der Waals surface area contributed by atoms with Gasteiger partial charge >= 0.3 is 17.9 Å². The summed E-state index contributed by atoms with van der Waals surface area (Å²) in [4.78, 5) is 38.3. The van der Waals surface area contributed by atoms with Crippen LogP contribution in [0.4, 0.5) is 0 Å². The largest absolute Gasteiger partial charge is 0.478 e. The van der Waals surface area contributed by atoms with Gasteiger partial charge in [-0.15, -0.1) is 0 Å². The lowest BCUT2D eigenvalue weighted by Crippen LogP contribution is -2.22. The Morgan fingerprint density at radius 3 is 0.933 bits per heavy atom. The van der Waals surface area contributed by atoms with Crippen LogP contribution in [-0.2, 0) is 19.3 Å². The number of unbranched alkanes of at least 4 members (excludes halogenated alkanes) is 12. The summed E-state index contributed by atoms with van der Waals surface area (Å²) in [5, 5.41) is 31.3. The van der Waals surface area contributed by atoms with Gasteiger partial charge in [0.1, 0.15) is 0 Å². The molecule has 0 atom stereocenters. The second kappa shape index (κ2) is 23.0. The molecule has 0 bridgehead atoms. The minimum Gasteiger partial charge on any atom is -0.478 e. The van der Waals surface area contributed by atoms with Crippen LogP contribution in [0.5, 0.6) is 0 Å².